The van der Waals surface area contributed by atoms with Crippen LogP contribution in [0, 0.1) is 6.92 Å². The zero-order chi connectivity index (χ0) is 20.5. The van der Waals surface area contributed by atoms with Gasteiger partial charge in [-0.1, -0.05) is 60.5 Å². The van der Waals surface area contributed by atoms with Crippen molar-refractivity contribution in [2.75, 3.05) is 12.8 Å². The molecule has 1 atom stereocenters. The summed E-state index contributed by atoms with van der Waals surface area (Å²) in [6.07, 6.45) is 0.557. The first kappa shape index (κ1) is 22.3. The number of halogens is 1. The van der Waals surface area contributed by atoms with E-state index >= 15 is 0 Å². The largest absolute Gasteiger partial charge is 0.357 e. The maximum atomic E-state index is 13.0. The highest BCUT2D eigenvalue weighted by Crippen LogP contribution is 2.18. The SMILES string of the molecule is CC[C@H](C(=O)NC)N(Cc1ccc(Cl)cc1)C(=O)CSCc1cccc(C)c1. The number of nitrogens with one attached hydrogen (secondary N) is 1. The van der Waals surface area contributed by atoms with Gasteiger partial charge in [0.05, 0.1) is 5.75 Å². The maximum absolute atomic E-state index is 13.0. The molecular weight excluding hydrogens is 392 g/mol. The molecule has 0 aromatic heterocycles. The van der Waals surface area contributed by atoms with Gasteiger partial charge >= 0.3 is 0 Å². The number of hydrogen-bond donors (Lipinski definition) is 1. The number of thioether (sulfide) groups is 1. The van der Waals surface area contributed by atoms with Crippen LogP contribution in [-0.2, 0) is 21.9 Å². The van der Waals surface area contributed by atoms with Gasteiger partial charge in [-0.05, 0) is 36.6 Å². The van der Waals surface area contributed by atoms with Crippen molar-refractivity contribution in [3.8, 4) is 0 Å². The van der Waals surface area contributed by atoms with E-state index in [0.29, 0.717) is 23.7 Å². The molecule has 2 rings (SSSR count). The summed E-state index contributed by atoms with van der Waals surface area (Å²) in [6.45, 7) is 4.36. The number of carbonyl (C=O) groups excluding carboxylic acids is 2. The smallest absolute Gasteiger partial charge is 0.242 e. The summed E-state index contributed by atoms with van der Waals surface area (Å²) >= 11 is 7.53. The minimum Gasteiger partial charge on any atom is -0.357 e. The molecule has 150 valence electrons. The number of likely N-dealkylation sites (N-methyl/N-ethyl adjacent to an activating group) is 1. The van der Waals surface area contributed by atoms with Gasteiger partial charge in [0, 0.05) is 24.4 Å². The molecule has 0 aliphatic carbocycles. The lowest BCUT2D eigenvalue weighted by Gasteiger charge is -2.30. The van der Waals surface area contributed by atoms with Gasteiger partial charge in [0.25, 0.3) is 0 Å². The second-order valence-corrected chi connectivity index (χ2v) is 8.09. The third-order valence-corrected chi connectivity index (χ3v) is 5.72. The Morgan fingerprint density at radius 2 is 1.86 bits per heavy atom. The zero-order valence-electron chi connectivity index (χ0n) is 16.6. The Balaban J connectivity index is 2.08. The van der Waals surface area contributed by atoms with E-state index < -0.39 is 6.04 Å². The summed E-state index contributed by atoms with van der Waals surface area (Å²) < 4.78 is 0. The van der Waals surface area contributed by atoms with Crippen molar-refractivity contribution < 1.29 is 9.59 Å². The average Bonchev–Trinajstić information content (AvgIpc) is 2.69. The number of nitrogens with zero attached hydrogens (tertiary/aromatic N) is 1. The highest BCUT2D eigenvalue weighted by atomic mass is 35.5. The molecule has 2 aromatic rings. The van der Waals surface area contributed by atoms with Crippen molar-refractivity contribution in [3.63, 3.8) is 0 Å². The number of rotatable bonds is 9. The second-order valence-electron chi connectivity index (χ2n) is 6.67. The standard InChI is InChI=1S/C22H27ClN2O2S/c1-4-20(22(27)24-3)25(13-17-8-10-19(23)11-9-17)21(26)15-28-14-18-7-5-6-16(2)12-18/h5-12,20H,4,13-15H2,1-3H3,(H,24,27)/t20-/m1/s1. The molecule has 0 heterocycles. The molecule has 1 N–H and O–H groups in total. The Labute approximate surface area is 176 Å². The molecule has 0 fully saturated rings. The molecule has 2 aromatic carbocycles. The first-order valence-electron chi connectivity index (χ1n) is 9.33. The lowest BCUT2D eigenvalue weighted by Crippen LogP contribution is -2.48. The number of hydrogen-bond acceptors (Lipinski definition) is 3. The molecule has 0 saturated carbocycles. The maximum Gasteiger partial charge on any atom is 0.242 e. The predicted molar refractivity (Wildman–Crippen MR) is 117 cm³/mol. The molecule has 28 heavy (non-hydrogen) atoms. The fourth-order valence-corrected chi connectivity index (χ4v) is 4.00. The van der Waals surface area contributed by atoms with Gasteiger partial charge in [-0.15, -0.1) is 11.8 Å². The van der Waals surface area contributed by atoms with Crippen molar-refractivity contribution in [2.24, 2.45) is 0 Å². The van der Waals surface area contributed by atoms with Crippen molar-refractivity contribution in [1.29, 1.82) is 0 Å². The van der Waals surface area contributed by atoms with E-state index in [1.807, 2.05) is 25.1 Å². The third-order valence-electron chi connectivity index (χ3n) is 4.48. The molecule has 0 spiro atoms. The minimum atomic E-state index is -0.493. The van der Waals surface area contributed by atoms with Crippen LogP contribution in [-0.4, -0.2) is 35.6 Å². The van der Waals surface area contributed by atoms with E-state index in [1.165, 1.54) is 11.1 Å². The highest BCUT2D eigenvalue weighted by Gasteiger charge is 2.27. The fraction of sp³-hybridized carbons (Fsp3) is 0.364. The molecule has 0 saturated heterocycles. The van der Waals surface area contributed by atoms with Crippen LogP contribution in [0.4, 0.5) is 0 Å². The lowest BCUT2D eigenvalue weighted by molar-refractivity contribution is -0.139. The van der Waals surface area contributed by atoms with Crippen LogP contribution >= 0.6 is 23.4 Å². The van der Waals surface area contributed by atoms with Crippen molar-refractivity contribution in [2.45, 2.75) is 38.6 Å². The van der Waals surface area contributed by atoms with Crippen molar-refractivity contribution in [3.05, 3.63) is 70.2 Å². The predicted octanol–water partition coefficient (Wildman–Crippen LogP) is 4.44. The summed E-state index contributed by atoms with van der Waals surface area (Å²) in [5.41, 5.74) is 3.35. The molecular formula is C22H27ClN2O2S. The van der Waals surface area contributed by atoms with E-state index in [1.54, 1.807) is 35.8 Å². The number of amides is 2. The monoisotopic (exact) mass is 418 g/mol. The normalized spacial score (nSPS) is 11.7. The Morgan fingerprint density at radius 3 is 2.46 bits per heavy atom. The first-order valence-corrected chi connectivity index (χ1v) is 10.9. The van der Waals surface area contributed by atoms with Gasteiger partial charge in [0.1, 0.15) is 6.04 Å². The molecule has 0 aliphatic rings. The quantitative estimate of drug-likeness (QED) is 0.655. The first-order chi connectivity index (χ1) is 13.4. The molecule has 6 heteroatoms. The van der Waals surface area contributed by atoms with E-state index in [0.717, 1.165) is 11.3 Å². The lowest BCUT2D eigenvalue weighted by atomic mass is 10.1. The van der Waals surface area contributed by atoms with Crippen molar-refractivity contribution >= 4 is 35.2 Å². The molecule has 0 bridgehead atoms. The van der Waals surface area contributed by atoms with E-state index in [9.17, 15) is 9.59 Å². The molecule has 0 aliphatic heterocycles. The molecule has 2 amide bonds. The second kappa shape index (κ2) is 11.1. The van der Waals surface area contributed by atoms with E-state index in [4.69, 9.17) is 11.6 Å². The molecule has 0 radical (unpaired) electrons. The summed E-state index contributed by atoms with van der Waals surface area (Å²) in [5.74, 6) is 0.908. The van der Waals surface area contributed by atoms with Crippen LogP contribution in [0.1, 0.15) is 30.0 Å². The van der Waals surface area contributed by atoms with Crippen LogP contribution in [0.3, 0.4) is 0 Å². The summed E-state index contributed by atoms with van der Waals surface area (Å²) in [4.78, 5) is 27.0. The summed E-state index contributed by atoms with van der Waals surface area (Å²) in [6, 6.07) is 15.2. The third kappa shape index (κ3) is 6.57. The molecule has 0 unspecified atom stereocenters. The van der Waals surface area contributed by atoms with Crippen LogP contribution in [0.2, 0.25) is 5.02 Å². The number of carbonyl (C=O) groups is 2. The number of benzene rings is 2. The van der Waals surface area contributed by atoms with Gasteiger partial charge in [-0.3, -0.25) is 9.59 Å². The summed E-state index contributed by atoms with van der Waals surface area (Å²) in [7, 11) is 1.60. The van der Waals surface area contributed by atoms with Gasteiger partial charge in [-0.2, -0.15) is 0 Å². The zero-order valence-corrected chi connectivity index (χ0v) is 18.1. The van der Waals surface area contributed by atoms with Crippen molar-refractivity contribution in [1.82, 2.24) is 10.2 Å². The highest BCUT2D eigenvalue weighted by molar-refractivity contribution is 7.99. The van der Waals surface area contributed by atoms with Crippen LogP contribution in [0.25, 0.3) is 0 Å². The topological polar surface area (TPSA) is 49.4 Å². The van der Waals surface area contributed by atoms with Gasteiger partial charge in [-0.25, -0.2) is 0 Å². The van der Waals surface area contributed by atoms with E-state index in [-0.39, 0.29) is 11.8 Å². The van der Waals surface area contributed by atoms with Gasteiger partial charge in [0.15, 0.2) is 0 Å². The Bertz CT molecular complexity index is 795. The van der Waals surface area contributed by atoms with Crippen LogP contribution in [0.5, 0.6) is 0 Å². The minimum absolute atomic E-state index is 0.0388. The van der Waals surface area contributed by atoms with Gasteiger partial charge < -0.3 is 10.2 Å². The van der Waals surface area contributed by atoms with Gasteiger partial charge in [0.2, 0.25) is 11.8 Å². The van der Waals surface area contributed by atoms with E-state index in [2.05, 4.69) is 30.4 Å². The van der Waals surface area contributed by atoms with Crippen LogP contribution < -0.4 is 5.32 Å². The number of aryl methyl sites for hydroxylation is 1. The fourth-order valence-electron chi connectivity index (χ4n) is 3.01. The summed E-state index contributed by atoms with van der Waals surface area (Å²) in [5, 5.41) is 3.32. The molecule has 4 nitrogen and oxygen atoms in total. The Morgan fingerprint density at radius 1 is 1.14 bits per heavy atom. The Hall–Kier alpha value is -1.98. The Kier molecular flexibility index (Phi) is 8.87. The average molecular weight is 419 g/mol. The van der Waals surface area contributed by atoms with Crippen LogP contribution in [0.15, 0.2) is 48.5 Å².